The lowest BCUT2D eigenvalue weighted by Gasteiger charge is -2.13. The summed E-state index contributed by atoms with van der Waals surface area (Å²) < 4.78 is 0. The molecule has 5 aromatic rings. The van der Waals surface area contributed by atoms with Crippen LogP contribution in [0.3, 0.4) is 0 Å². The Morgan fingerprint density at radius 2 is 1.28 bits per heavy atom. The molecule has 2 heteroatoms. The van der Waals surface area contributed by atoms with Gasteiger partial charge in [-0.2, -0.15) is 0 Å². The van der Waals surface area contributed by atoms with E-state index in [4.69, 9.17) is 16.6 Å². The number of aromatic nitrogens is 1. The number of rotatable bonds is 1. The Kier molecular flexibility index (Phi) is 3.22. The van der Waals surface area contributed by atoms with Crippen molar-refractivity contribution in [3.8, 4) is 11.1 Å². The van der Waals surface area contributed by atoms with E-state index >= 15 is 0 Å². The summed E-state index contributed by atoms with van der Waals surface area (Å²) >= 11 is 6.56. The average Bonchev–Trinajstić information content (AvgIpc) is 2.65. The third kappa shape index (κ3) is 2.28. The van der Waals surface area contributed by atoms with Gasteiger partial charge in [-0.25, -0.2) is 4.98 Å². The smallest absolute Gasteiger partial charge is 0.0722 e. The fourth-order valence-electron chi connectivity index (χ4n) is 3.53. The molecule has 118 valence electrons. The maximum atomic E-state index is 6.56. The highest BCUT2D eigenvalue weighted by molar-refractivity contribution is 6.34. The van der Waals surface area contributed by atoms with Crippen molar-refractivity contribution in [1.29, 1.82) is 0 Å². The maximum Gasteiger partial charge on any atom is 0.0722 e. The van der Waals surface area contributed by atoms with Crippen molar-refractivity contribution in [2.75, 3.05) is 0 Å². The van der Waals surface area contributed by atoms with E-state index in [2.05, 4.69) is 60.7 Å². The molecule has 5 rings (SSSR count). The van der Waals surface area contributed by atoms with E-state index in [1.165, 1.54) is 10.8 Å². The lowest BCUT2D eigenvalue weighted by Crippen LogP contribution is -1.90. The van der Waals surface area contributed by atoms with Gasteiger partial charge in [0.2, 0.25) is 0 Å². The van der Waals surface area contributed by atoms with Crippen LogP contribution in [0.25, 0.3) is 43.7 Å². The lowest BCUT2D eigenvalue weighted by molar-refractivity contribution is 1.50. The largest absolute Gasteiger partial charge is 0.248 e. The highest BCUT2D eigenvalue weighted by Crippen LogP contribution is 2.39. The van der Waals surface area contributed by atoms with Crippen molar-refractivity contribution in [2.24, 2.45) is 0 Å². The molecule has 0 saturated heterocycles. The minimum atomic E-state index is 0.758. The molecule has 0 amide bonds. The molecule has 0 saturated carbocycles. The van der Waals surface area contributed by atoms with Gasteiger partial charge in [0.1, 0.15) is 0 Å². The Morgan fingerprint density at radius 1 is 0.600 bits per heavy atom. The van der Waals surface area contributed by atoms with Crippen LogP contribution in [0.15, 0.2) is 84.9 Å². The second-order valence-corrected chi connectivity index (χ2v) is 6.61. The standard InChI is InChI=1S/C23H14ClN/c24-20-11-5-3-9-17(20)23-18-10-4-6-12-21(18)25-22-14-16-8-2-1-7-15(16)13-19(22)23/h1-14H. The van der Waals surface area contributed by atoms with Crippen molar-refractivity contribution < 1.29 is 0 Å². The first kappa shape index (κ1) is 14.4. The topological polar surface area (TPSA) is 12.9 Å². The average molecular weight is 340 g/mol. The molecule has 0 radical (unpaired) electrons. The Balaban J connectivity index is 2.03. The van der Waals surface area contributed by atoms with Gasteiger partial charge in [0.15, 0.2) is 0 Å². The molecular formula is C23H14ClN. The first-order chi connectivity index (χ1) is 12.3. The van der Waals surface area contributed by atoms with E-state index in [-0.39, 0.29) is 0 Å². The predicted molar refractivity (Wildman–Crippen MR) is 107 cm³/mol. The van der Waals surface area contributed by atoms with Crippen molar-refractivity contribution >= 4 is 44.2 Å². The zero-order chi connectivity index (χ0) is 16.8. The second-order valence-electron chi connectivity index (χ2n) is 6.20. The van der Waals surface area contributed by atoms with Crippen LogP contribution < -0.4 is 0 Å². The fraction of sp³-hybridized carbons (Fsp3) is 0. The fourth-order valence-corrected chi connectivity index (χ4v) is 3.76. The van der Waals surface area contributed by atoms with Gasteiger partial charge < -0.3 is 0 Å². The summed E-state index contributed by atoms with van der Waals surface area (Å²) in [6.07, 6.45) is 0. The molecule has 25 heavy (non-hydrogen) atoms. The lowest BCUT2D eigenvalue weighted by atomic mass is 9.94. The molecule has 1 nitrogen and oxygen atoms in total. The number of nitrogens with zero attached hydrogens (tertiary/aromatic N) is 1. The summed E-state index contributed by atoms with van der Waals surface area (Å²) in [5.74, 6) is 0. The minimum absolute atomic E-state index is 0.758. The molecule has 0 aliphatic rings. The normalized spacial score (nSPS) is 11.4. The van der Waals surface area contributed by atoms with Crippen LogP contribution in [0.1, 0.15) is 0 Å². The Labute approximate surface area is 150 Å². The first-order valence-electron chi connectivity index (χ1n) is 8.27. The summed E-state index contributed by atoms with van der Waals surface area (Å²) in [7, 11) is 0. The number of hydrogen-bond donors (Lipinski definition) is 0. The van der Waals surface area contributed by atoms with Crippen molar-refractivity contribution in [3.05, 3.63) is 90.0 Å². The Bertz CT molecular complexity index is 1250. The van der Waals surface area contributed by atoms with E-state index in [9.17, 15) is 0 Å². The van der Waals surface area contributed by atoms with Gasteiger partial charge in [-0.05, 0) is 35.0 Å². The van der Waals surface area contributed by atoms with Gasteiger partial charge in [0.25, 0.3) is 0 Å². The van der Waals surface area contributed by atoms with E-state index in [1.54, 1.807) is 0 Å². The number of fused-ring (bicyclic) bond motifs is 3. The third-order valence-electron chi connectivity index (χ3n) is 4.69. The first-order valence-corrected chi connectivity index (χ1v) is 8.65. The highest BCUT2D eigenvalue weighted by Gasteiger charge is 2.14. The highest BCUT2D eigenvalue weighted by atomic mass is 35.5. The van der Waals surface area contributed by atoms with E-state index < -0.39 is 0 Å². The molecule has 0 aliphatic carbocycles. The van der Waals surface area contributed by atoms with E-state index in [0.717, 1.165) is 38.0 Å². The summed E-state index contributed by atoms with van der Waals surface area (Å²) in [5.41, 5.74) is 4.17. The molecule has 4 aromatic carbocycles. The maximum absolute atomic E-state index is 6.56. The Morgan fingerprint density at radius 3 is 2.12 bits per heavy atom. The van der Waals surface area contributed by atoms with Gasteiger partial charge >= 0.3 is 0 Å². The zero-order valence-corrected chi connectivity index (χ0v) is 14.2. The van der Waals surface area contributed by atoms with E-state index in [0.29, 0.717) is 0 Å². The summed E-state index contributed by atoms with van der Waals surface area (Å²) in [6.45, 7) is 0. The summed E-state index contributed by atoms with van der Waals surface area (Å²) in [4.78, 5) is 4.90. The molecule has 0 unspecified atom stereocenters. The number of para-hydroxylation sites is 1. The van der Waals surface area contributed by atoms with Crippen LogP contribution in [0.4, 0.5) is 0 Å². The molecule has 0 spiro atoms. The number of benzene rings is 4. The predicted octanol–water partition coefficient (Wildman–Crippen LogP) is 6.86. The molecule has 0 bridgehead atoms. The molecule has 0 N–H and O–H groups in total. The quantitative estimate of drug-likeness (QED) is 0.304. The summed E-state index contributed by atoms with van der Waals surface area (Å²) in [6, 6.07) is 29.1. The Hall–Kier alpha value is -2.90. The van der Waals surface area contributed by atoms with Gasteiger partial charge in [-0.3, -0.25) is 0 Å². The van der Waals surface area contributed by atoms with Gasteiger partial charge in [-0.15, -0.1) is 0 Å². The van der Waals surface area contributed by atoms with Gasteiger partial charge in [-0.1, -0.05) is 72.3 Å². The molecule has 1 aromatic heterocycles. The van der Waals surface area contributed by atoms with E-state index in [1.807, 2.05) is 24.3 Å². The molecule has 1 heterocycles. The minimum Gasteiger partial charge on any atom is -0.248 e. The van der Waals surface area contributed by atoms with Crippen LogP contribution >= 0.6 is 11.6 Å². The number of halogens is 1. The van der Waals surface area contributed by atoms with Crippen LogP contribution in [0.5, 0.6) is 0 Å². The monoisotopic (exact) mass is 339 g/mol. The van der Waals surface area contributed by atoms with Crippen LogP contribution in [-0.2, 0) is 0 Å². The third-order valence-corrected chi connectivity index (χ3v) is 5.02. The zero-order valence-electron chi connectivity index (χ0n) is 13.4. The molecule has 0 fully saturated rings. The summed E-state index contributed by atoms with van der Waals surface area (Å²) in [5, 5.41) is 5.42. The van der Waals surface area contributed by atoms with Crippen LogP contribution in [0.2, 0.25) is 5.02 Å². The number of pyridine rings is 1. The van der Waals surface area contributed by atoms with Gasteiger partial charge in [0, 0.05) is 26.9 Å². The van der Waals surface area contributed by atoms with Crippen LogP contribution in [-0.4, -0.2) is 4.98 Å². The molecule has 0 aliphatic heterocycles. The van der Waals surface area contributed by atoms with Crippen molar-refractivity contribution in [2.45, 2.75) is 0 Å². The van der Waals surface area contributed by atoms with Crippen molar-refractivity contribution in [3.63, 3.8) is 0 Å². The van der Waals surface area contributed by atoms with Gasteiger partial charge in [0.05, 0.1) is 11.0 Å². The second kappa shape index (κ2) is 5.58. The number of hydrogen-bond acceptors (Lipinski definition) is 1. The molecule has 0 atom stereocenters. The SMILES string of the molecule is Clc1ccccc1-c1c2ccccc2nc2cc3ccccc3cc12. The molecular weight excluding hydrogens is 326 g/mol. The van der Waals surface area contributed by atoms with Crippen molar-refractivity contribution in [1.82, 2.24) is 4.98 Å². The van der Waals surface area contributed by atoms with Crippen LogP contribution in [0, 0.1) is 0 Å².